The highest BCUT2D eigenvalue weighted by molar-refractivity contribution is 5.76. The molecule has 2 aromatic carbocycles. The first-order chi connectivity index (χ1) is 14.9. The Morgan fingerprint density at radius 3 is 2.29 bits per heavy atom. The van der Waals surface area contributed by atoms with Gasteiger partial charge in [0.2, 0.25) is 5.91 Å². The van der Waals surface area contributed by atoms with Crippen LogP contribution in [0, 0.1) is 0 Å². The molecule has 1 aliphatic heterocycles. The van der Waals surface area contributed by atoms with Crippen LogP contribution in [-0.2, 0) is 27.9 Å². The molecule has 0 atom stereocenters. The van der Waals surface area contributed by atoms with Gasteiger partial charge < -0.3 is 9.64 Å². The summed E-state index contributed by atoms with van der Waals surface area (Å²) >= 11 is 0. The Morgan fingerprint density at radius 1 is 0.968 bits per heavy atom. The summed E-state index contributed by atoms with van der Waals surface area (Å²) in [6.07, 6.45) is 2.35. The van der Waals surface area contributed by atoms with Gasteiger partial charge in [-0.3, -0.25) is 9.69 Å². The largest absolute Gasteiger partial charge is 0.379 e. The molecule has 1 aliphatic rings. The summed E-state index contributed by atoms with van der Waals surface area (Å²) in [6, 6.07) is 19.1. The Kier molecular flexibility index (Phi) is 8.68. The van der Waals surface area contributed by atoms with E-state index in [0.29, 0.717) is 13.0 Å². The summed E-state index contributed by atoms with van der Waals surface area (Å²) in [5, 5.41) is 0. The number of benzene rings is 2. The van der Waals surface area contributed by atoms with E-state index in [1.54, 1.807) is 0 Å². The maximum atomic E-state index is 13.1. The Labute approximate surface area is 188 Å². The lowest BCUT2D eigenvalue weighted by Crippen LogP contribution is -2.39. The van der Waals surface area contributed by atoms with E-state index in [9.17, 15) is 4.79 Å². The van der Waals surface area contributed by atoms with Gasteiger partial charge in [0.15, 0.2) is 0 Å². The monoisotopic (exact) mass is 422 g/mol. The highest BCUT2D eigenvalue weighted by Crippen LogP contribution is 2.22. The van der Waals surface area contributed by atoms with E-state index in [-0.39, 0.29) is 11.3 Å². The minimum absolute atomic E-state index is 0.141. The van der Waals surface area contributed by atoms with Gasteiger partial charge in [0, 0.05) is 39.1 Å². The van der Waals surface area contributed by atoms with Crippen LogP contribution in [0.25, 0.3) is 0 Å². The molecule has 4 nitrogen and oxygen atoms in total. The van der Waals surface area contributed by atoms with Gasteiger partial charge in [-0.2, -0.15) is 0 Å². The molecular formula is C27H38N2O2. The number of hydrogen-bond acceptors (Lipinski definition) is 3. The summed E-state index contributed by atoms with van der Waals surface area (Å²) in [5.41, 5.74) is 3.89. The van der Waals surface area contributed by atoms with Crippen molar-refractivity contribution in [3.05, 3.63) is 71.3 Å². The van der Waals surface area contributed by atoms with E-state index in [4.69, 9.17) is 4.74 Å². The lowest BCUT2D eigenvalue weighted by molar-refractivity contribution is -0.132. The third-order valence-electron chi connectivity index (χ3n) is 6.02. The Morgan fingerprint density at radius 2 is 1.65 bits per heavy atom. The number of morpholine rings is 1. The minimum atomic E-state index is 0.141. The number of hydrogen-bond donors (Lipinski definition) is 0. The second-order valence-corrected chi connectivity index (χ2v) is 9.56. The van der Waals surface area contributed by atoms with Crippen molar-refractivity contribution in [2.45, 2.75) is 52.0 Å². The number of carbonyl (C=O) groups is 1. The molecule has 0 bridgehead atoms. The van der Waals surface area contributed by atoms with Crippen molar-refractivity contribution < 1.29 is 9.53 Å². The van der Waals surface area contributed by atoms with Crippen molar-refractivity contribution in [1.29, 1.82) is 0 Å². The molecule has 0 aromatic heterocycles. The molecule has 0 unspecified atom stereocenters. The molecule has 1 heterocycles. The van der Waals surface area contributed by atoms with Crippen LogP contribution in [0.4, 0.5) is 0 Å². The number of nitrogens with zero attached hydrogens (tertiary/aromatic N) is 2. The van der Waals surface area contributed by atoms with Gasteiger partial charge in [-0.25, -0.2) is 0 Å². The highest BCUT2D eigenvalue weighted by atomic mass is 16.5. The molecular weight excluding hydrogens is 384 g/mol. The van der Waals surface area contributed by atoms with E-state index in [1.165, 1.54) is 16.7 Å². The molecule has 2 aromatic rings. The predicted octanol–water partition coefficient (Wildman–Crippen LogP) is 4.67. The maximum absolute atomic E-state index is 13.1. The molecule has 0 N–H and O–H groups in total. The quantitative estimate of drug-likeness (QED) is 0.589. The lowest BCUT2D eigenvalue weighted by atomic mass is 9.87. The first-order valence-corrected chi connectivity index (χ1v) is 11.6. The number of carbonyl (C=O) groups excluding carboxylic acids is 1. The van der Waals surface area contributed by atoms with E-state index < -0.39 is 0 Å². The van der Waals surface area contributed by atoms with Crippen LogP contribution in [0.15, 0.2) is 54.6 Å². The molecule has 168 valence electrons. The van der Waals surface area contributed by atoms with Crippen LogP contribution in [0.5, 0.6) is 0 Å². The standard InChI is InChI=1S/C27H38N2O2/c1-27(2,3)25-13-10-24(11-14-25)22-29(17-7-16-28-18-20-31-21-19-28)26(30)15-12-23-8-5-4-6-9-23/h4-6,8-11,13-14H,7,12,15-22H2,1-3H3. The molecule has 31 heavy (non-hydrogen) atoms. The molecule has 3 rings (SSSR count). The average molecular weight is 423 g/mol. The van der Waals surface area contributed by atoms with Crippen molar-refractivity contribution in [3.8, 4) is 0 Å². The molecule has 0 spiro atoms. The second-order valence-electron chi connectivity index (χ2n) is 9.56. The summed E-state index contributed by atoms with van der Waals surface area (Å²) < 4.78 is 5.45. The number of aryl methyl sites for hydroxylation is 1. The van der Waals surface area contributed by atoms with Crippen LogP contribution < -0.4 is 0 Å². The topological polar surface area (TPSA) is 32.8 Å². The summed E-state index contributed by atoms with van der Waals surface area (Å²) in [5.74, 6) is 0.241. The van der Waals surface area contributed by atoms with Gasteiger partial charge in [-0.05, 0) is 34.9 Å². The van der Waals surface area contributed by atoms with Gasteiger partial charge in [0.05, 0.1) is 13.2 Å². The zero-order valence-corrected chi connectivity index (χ0v) is 19.5. The van der Waals surface area contributed by atoms with Crippen molar-refractivity contribution >= 4 is 5.91 Å². The highest BCUT2D eigenvalue weighted by Gasteiger charge is 2.17. The molecule has 0 aliphatic carbocycles. The Hall–Kier alpha value is -2.17. The normalized spacial score (nSPS) is 15.1. The van der Waals surface area contributed by atoms with Gasteiger partial charge in [-0.1, -0.05) is 75.4 Å². The Balaban J connectivity index is 1.60. The smallest absolute Gasteiger partial charge is 0.223 e. The third-order valence-corrected chi connectivity index (χ3v) is 6.02. The van der Waals surface area contributed by atoms with Crippen LogP contribution >= 0.6 is 0 Å². The SMILES string of the molecule is CC(C)(C)c1ccc(CN(CCCN2CCOCC2)C(=O)CCc2ccccc2)cc1. The number of ether oxygens (including phenoxy) is 1. The molecule has 1 fully saturated rings. The third kappa shape index (κ3) is 7.79. The zero-order chi connectivity index (χ0) is 22.1. The van der Waals surface area contributed by atoms with Gasteiger partial charge in [0.25, 0.3) is 0 Å². The van der Waals surface area contributed by atoms with E-state index in [2.05, 4.69) is 67.0 Å². The summed E-state index contributed by atoms with van der Waals surface area (Å²) in [6.45, 7) is 12.8. The number of rotatable bonds is 9. The van der Waals surface area contributed by atoms with Crippen LogP contribution in [0.1, 0.15) is 50.3 Å². The molecule has 4 heteroatoms. The van der Waals surface area contributed by atoms with Crippen molar-refractivity contribution in [1.82, 2.24) is 9.80 Å². The van der Waals surface area contributed by atoms with Crippen molar-refractivity contribution in [3.63, 3.8) is 0 Å². The number of amides is 1. The van der Waals surface area contributed by atoms with Crippen LogP contribution in [0.3, 0.4) is 0 Å². The van der Waals surface area contributed by atoms with E-state index in [0.717, 1.165) is 52.2 Å². The first-order valence-electron chi connectivity index (χ1n) is 11.6. The average Bonchev–Trinajstić information content (AvgIpc) is 2.78. The van der Waals surface area contributed by atoms with Gasteiger partial charge in [-0.15, -0.1) is 0 Å². The summed E-state index contributed by atoms with van der Waals surface area (Å²) in [7, 11) is 0. The molecule has 0 radical (unpaired) electrons. The fourth-order valence-electron chi connectivity index (χ4n) is 3.99. The first kappa shape index (κ1) is 23.5. The van der Waals surface area contributed by atoms with Crippen molar-refractivity contribution in [2.75, 3.05) is 39.4 Å². The lowest BCUT2D eigenvalue weighted by Gasteiger charge is -2.28. The maximum Gasteiger partial charge on any atom is 0.223 e. The predicted molar refractivity (Wildman–Crippen MR) is 127 cm³/mol. The van der Waals surface area contributed by atoms with Gasteiger partial charge >= 0.3 is 0 Å². The van der Waals surface area contributed by atoms with Crippen LogP contribution in [-0.4, -0.2) is 55.1 Å². The van der Waals surface area contributed by atoms with E-state index >= 15 is 0 Å². The fourth-order valence-corrected chi connectivity index (χ4v) is 3.99. The van der Waals surface area contributed by atoms with Gasteiger partial charge in [0.1, 0.15) is 0 Å². The second kappa shape index (κ2) is 11.4. The summed E-state index contributed by atoms with van der Waals surface area (Å²) in [4.78, 5) is 17.6. The molecule has 1 saturated heterocycles. The zero-order valence-electron chi connectivity index (χ0n) is 19.5. The Bertz CT molecular complexity index is 790. The molecule has 1 amide bonds. The van der Waals surface area contributed by atoms with E-state index in [1.807, 2.05) is 18.2 Å². The van der Waals surface area contributed by atoms with Crippen LogP contribution in [0.2, 0.25) is 0 Å². The fraction of sp³-hybridized carbons (Fsp3) is 0.519. The molecule has 0 saturated carbocycles. The minimum Gasteiger partial charge on any atom is -0.379 e. The van der Waals surface area contributed by atoms with Crippen molar-refractivity contribution in [2.24, 2.45) is 0 Å².